The van der Waals surface area contributed by atoms with Crippen LogP contribution in [0.3, 0.4) is 0 Å². The molecular weight excluding hydrogens is 223 g/mol. The third-order valence-electron chi connectivity index (χ3n) is 1.33. The zero-order valence-corrected chi connectivity index (χ0v) is 8.32. The van der Waals surface area contributed by atoms with Crippen LogP contribution in [0, 0.1) is 0 Å². The van der Waals surface area contributed by atoms with Gasteiger partial charge in [-0.25, -0.2) is 4.98 Å². The van der Waals surface area contributed by atoms with E-state index in [1.807, 2.05) is 0 Å². The first kappa shape index (κ1) is 15.1. The Bertz CT molecular complexity index is 229. The van der Waals surface area contributed by atoms with Gasteiger partial charge >= 0.3 is 6.55 Å². The molecule has 0 saturated heterocycles. The minimum absolute atomic E-state index is 0. The van der Waals surface area contributed by atoms with Crippen LogP contribution >= 0.6 is 24.8 Å². The summed E-state index contributed by atoms with van der Waals surface area (Å²) in [5.41, 5.74) is 5.19. The predicted octanol–water partition coefficient (Wildman–Crippen LogP) is 1.62. The number of hydrogen-bond acceptors (Lipinski definition) is 2. The summed E-state index contributed by atoms with van der Waals surface area (Å²) in [4.78, 5) is 3.73. The van der Waals surface area contributed by atoms with E-state index >= 15 is 0 Å². The van der Waals surface area contributed by atoms with E-state index in [2.05, 4.69) is 4.98 Å². The van der Waals surface area contributed by atoms with E-state index in [9.17, 15) is 8.78 Å². The lowest BCUT2D eigenvalue weighted by atomic mass is 10.4. The van der Waals surface area contributed by atoms with Crippen LogP contribution in [0.4, 0.5) is 8.78 Å². The molecule has 0 aromatic carbocycles. The van der Waals surface area contributed by atoms with E-state index in [4.69, 9.17) is 5.73 Å². The summed E-state index contributed by atoms with van der Waals surface area (Å²) in [7, 11) is 0. The van der Waals surface area contributed by atoms with Gasteiger partial charge in [-0.1, -0.05) is 0 Å². The Morgan fingerprint density at radius 2 is 2.08 bits per heavy atom. The standard InChI is InChI=1S/C6H9F2N3.2ClH/c7-6(8)11-4-3-10-5(11)1-2-9;;/h3-4,6H,1-2,9H2;2*1H. The fraction of sp³-hybridized carbons (Fsp3) is 0.500. The molecule has 1 rings (SSSR count). The van der Waals surface area contributed by atoms with Gasteiger partial charge < -0.3 is 5.73 Å². The van der Waals surface area contributed by atoms with Crippen LogP contribution in [0.15, 0.2) is 12.4 Å². The molecule has 0 atom stereocenters. The second kappa shape index (κ2) is 7.06. The third kappa shape index (κ3) is 3.89. The van der Waals surface area contributed by atoms with Gasteiger partial charge in [-0.2, -0.15) is 8.78 Å². The molecule has 0 unspecified atom stereocenters. The van der Waals surface area contributed by atoms with Crippen molar-refractivity contribution in [2.45, 2.75) is 13.0 Å². The van der Waals surface area contributed by atoms with Gasteiger partial charge in [-0.05, 0) is 6.54 Å². The van der Waals surface area contributed by atoms with Crippen LogP contribution in [0.25, 0.3) is 0 Å². The van der Waals surface area contributed by atoms with Crippen molar-refractivity contribution in [2.75, 3.05) is 6.54 Å². The van der Waals surface area contributed by atoms with Crippen molar-refractivity contribution >= 4 is 24.8 Å². The Kier molecular flexibility index (Phi) is 8.20. The highest BCUT2D eigenvalue weighted by molar-refractivity contribution is 5.85. The molecule has 0 amide bonds. The van der Waals surface area contributed by atoms with Crippen molar-refractivity contribution in [3.05, 3.63) is 18.2 Å². The average Bonchev–Trinajstić information content (AvgIpc) is 2.36. The quantitative estimate of drug-likeness (QED) is 0.863. The maximum absolute atomic E-state index is 12.1. The molecule has 3 nitrogen and oxygen atoms in total. The summed E-state index contributed by atoms with van der Waals surface area (Å²) in [5.74, 6) is 0.336. The molecule has 78 valence electrons. The first-order valence-electron chi connectivity index (χ1n) is 3.25. The summed E-state index contributed by atoms with van der Waals surface area (Å²) >= 11 is 0. The van der Waals surface area contributed by atoms with Crippen LogP contribution < -0.4 is 5.73 Å². The van der Waals surface area contributed by atoms with Crippen LogP contribution in [-0.4, -0.2) is 16.1 Å². The lowest BCUT2D eigenvalue weighted by Gasteiger charge is -2.03. The summed E-state index contributed by atoms with van der Waals surface area (Å²) in [6.07, 6.45) is 2.98. The van der Waals surface area contributed by atoms with Gasteiger partial charge in [0.2, 0.25) is 0 Å². The van der Waals surface area contributed by atoms with E-state index in [-0.39, 0.29) is 24.8 Å². The molecule has 0 spiro atoms. The minimum atomic E-state index is -2.51. The predicted molar refractivity (Wildman–Crippen MR) is 50.7 cm³/mol. The summed E-state index contributed by atoms with van der Waals surface area (Å²) < 4.78 is 24.9. The number of halogens is 4. The Morgan fingerprint density at radius 3 is 2.54 bits per heavy atom. The van der Waals surface area contributed by atoms with Crippen LogP contribution in [0.1, 0.15) is 12.4 Å². The molecule has 1 aromatic rings. The molecule has 1 heterocycles. The van der Waals surface area contributed by atoms with Crippen LogP contribution in [0.5, 0.6) is 0 Å². The van der Waals surface area contributed by atoms with Gasteiger partial charge in [0.1, 0.15) is 5.82 Å². The number of imidazole rings is 1. The lowest BCUT2D eigenvalue weighted by Crippen LogP contribution is -2.10. The fourth-order valence-corrected chi connectivity index (χ4v) is 0.844. The molecule has 7 heteroatoms. The van der Waals surface area contributed by atoms with E-state index < -0.39 is 6.55 Å². The smallest absolute Gasteiger partial charge is 0.319 e. The average molecular weight is 234 g/mol. The van der Waals surface area contributed by atoms with Crippen molar-refractivity contribution < 1.29 is 8.78 Å². The highest BCUT2D eigenvalue weighted by Crippen LogP contribution is 2.11. The maximum atomic E-state index is 12.1. The largest absolute Gasteiger partial charge is 0.330 e. The highest BCUT2D eigenvalue weighted by Gasteiger charge is 2.09. The first-order chi connectivity index (χ1) is 5.25. The molecule has 13 heavy (non-hydrogen) atoms. The zero-order valence-electron chi connectivity index (χ0n) is 6.69. The van der Waals surface area contributed by atoms with Gasteiger partial charge in [0, 0.05) is 18.8 Å². The molecule has 0 saturated carbocycles. The van der Waals surface area contributed by atoms with Crippen LogP contribution in [-0.2, 0) is 6.42 Å². The van der Waals surface area contributed by atoms with Gasteiger partial charge in [-0.15, -0.1) is 24.8 Å². The van der Waals surface area contributed by atoms with Crippen molar-refractivity contribution in [3.8, 4) is 0 Å². The lowest BCUT2D eigenvalue weighted by molar-refractivity contribution is 0.0671. The number of nitrogens with zero attached hydrogens (tertiary/aromatic N) is 2. The van der Waals surface area contributed by atoms with Crippen molar-refractivity contribution in [3.63, 3.8) is 0 Å². The molecule has 0 radical (unpaired) electrons. The molecule has 0 aliphatic carbocycles. The molecule has 2 N–H and O–H groups in total. The Morgan fingerprint density at radius 1 is 1.46 bits per heavy atom. The molecule has 0 bridgehead atoms. The van der Waals surface area contributed by atoms with Gasteiger partial charge in [0.05, 0.1) is 0 Å². The second-order valence-electron chi connectivity index (χ2n) is 2.07. The monoisotopic (exact) mass is 233 g/mol. The van der Waals surface area contributed by atoms with Crippen molar-refractivity contribution in [1.82, 2.24) is 9.55 Å². The fourth-order valence-electron chi connectivity index (χ4n) is 0.844. The molecule has 0 aliphatic rings. The second-order valence-corrected chi connectivity index (χ2v) is 2.07. The first-order valence-corrected chi connectivity index (χ1v) is 3.25. The zero-order chi connectivity index (χ0) is 8.27. The summed E-state index contributed by atoms with van der Waals surface area (Å²) in [6.45, 7) is -2.18. The Balaban J connectivity index is 0. The minimum Gasteiger partial charge on any atom is -0.330 e. The molecule has 1 aromatic heterocycles. The number of nitrogens with two attached hydrogens (primary N) is 1. The molecule has 0 fully saturated rings. The maximum Gasteiger partial charge on any atom is 0.319 e. The number of hydrogen-bond donors (Lipinski definition) is 1. The summed E-state index contributed by atoms with van der Waals surface area (Å²) in [6, 6.07) is 0. The van der Waals surface area contributed by atoms with E-state index in [1.54, 1.807) is 0 Å². The molecule has 0 aliphatic heterocycles. The number of rotatable bonds is 3. The number of aromatic nitrogens is 2. The summed E-state index contributed by atoms with van der Waals surface area (Å²) in [5, 5.41) is 0. The number of alkyl halides is 2. The normalized spacial score (nSPS) is 9.23. The Hall–Kier alpha value is -0.390. The van der Waals surface area contributed by atoms with E-state index in [0.29, 0.717) is 18.8 Å². The van der Waals surface area contributed by atoms with E-state index in [0.717, 1.165) is 4.57 Å². The molecular formula is C6H11Cl2F2N3. The van der Waals surface area contributed by atoms with Gasteiger partial charge in [0.15, 0.2) is 0 Å². The third-order valence-corrected chi connectivity index (χ3v) is 1.33. The highest BCUT2D eigenvalue weighted by atomic mass is 35.5. The topological polar surface area (TPSA) is 43.8 Å². The van der Waals surface area contributed by atoms with E-state index in [1.165, 1.54) is 12.4 Å². The Labute approximate surface area is 87.1 Å². The van der Waals surface area contributed by atoms with Crippen molar-refractivity contribution in [2.24, 2.45) is 5.73 Å². The SMILES string of the molecule is Cl.Cl.NCCc1nccn1C(F)F. The van der Waals surface area contributed by atoms with Gasteiger partial charge in [0.25, 0.3) is 0 Å². The van der Waals surface area contributed by atoms with Crippen molar-refractivity contribution in [1.29, 1.82) is 0 Å². The van der Waals surface area contributed by atoms with Gasteiger partial charge in [-0.3, -0.25) is 4.57 Å². The van der Waals surface area contributed by atoms with Crippen LogP contribution in [0.2, 0.25) is 0 Å².